The summed E-state index contributed by atoms with van der Waals surface area (Å²) in [5.74, 6) is 1.94. The van der Waals surface area contributed by atoms with E-state index in [0.29, 0.717) is 18.6 Å². The molecule has 0 spiro atoms. The van der Waals surface area contributed by atoms with Gasteiger partial charge in [0.05, 0.1) is 31.0 Å². The number of hydrogen-bond donors (Lipinski definition) is 2. The second kappa shape index (κ2) is 11.5. The Morgan fingerprint density at radius 2 is 1.91 bits per heavy atom. The zero-order valence-electron chi connectivity index (χ0n) is 21.0. The van der Waals surface area contributed by atoms with Gasteiger partial charge in [0, 0.05) is 31.5 Å². The number of nitrogens with one attached hydrogen (secondary N) is 2. The Hall–Kier alpha value is -3.19. The van der Waals surface area contributed by atoms with Crippen LogP contribution < -0.4 is 10.1 Å². The second-order valence-electron chi connectivity index (χ2n) is 9.55. The zero-order valence-corrected chi connectivity index (χ0v) is 21.0. The summed E-state index contributed by atoms with van der Waals surface area (Å²) in [5.41, 5.74) is 1.80. The molecule has 2 aromatic carbocycles. The summed E-state index contributed by atoms with van der Waals surface area (Å²) in [5, 5.41) is 5.47. The van der Waals surface area contributed by atoms with E-state index in [-0.39, 0.29) is 17.9 Å². The number of Topliss-reactive ketones (excluding diaryl/α,β-unsaturated/α-hetero) is 1. The van der Waals surface area contributed by atoms with Crippen molar-refractivity contribution < 1.29 is 14.3 Å². The molecule has 4 rings (SSSR count). The molecular formula is C28H36N4O3. The van der Waals surface area contributed by atoms with Gasteiger partial charge in [0.1, 0.15) is 17.4 Å². The summed E-state index contributed by atoms with van der Waals surface area (Å²) in [7, 11) is 3.70. The minimum Gasteiger partial charge on any atom is -0.496 e. The molecule has 0 radical (unpaired) electrons. The third-order valence-corrected chi connectivity index (χ3v) is 6.88. The molecule has 2 N–H and O–H groups in total. The fourth-order valence-corrected chi connectivity index (χ4v) is 4.71. The number of hydrogen-bond acceptors (Lipinski definition) is 5. The molecule has 1 fully saturated rings. The van der Waals surface area contributed by atoms with Crippen molar-refractivity contribution in [2.24, 2.45) is 5.92 Å². The molecule has 1 aromatic heterocycles. The Bertz CT molecular complexity index is 1170. The molecule has 7 nitrogen and oxygen atoms in total. The molecule has 1 aliphatic rings. The van der Waals surface area contributed by atoms with Gasteiger partial charge in [-0.05, 0) is 42.8 Å². The number of methoxy groups -OCH3 is 1. The fourth-order valence-electron chi connectivity index (χ4n) is 4.71. The van der Waals surface area contributed by atoms with E-state index >= 15 is 0 Å². The molecule has 1 amide bonds. The second-order valence-corrected chi connectivity index (χ2v) is 9.55. The maximum atomic E-state index is 12.9. The number of ether oxygens (including phenoxy) is 1. The number of H-pyrrole nitrogens is 1. The standard InChI is InChI=1S/C28H36N4O3/c1-4-22(33)12-6-5-7-13-24(31-28(34)21-17-32(2)18-21)27-29-16-25(30-27)23-14-19-10-8-9-11-20(19)15-26(23)35-3/h8-11,14-16,21,24H,4-7,12-13,17-18H2,1-3H3,(H,29,30)(H,31,34)/t24-/m0/s1. The van der Waals surface area contributed by atoms with Crippen molar-refractivity contribution >= 4 is 22.5 Å². The quantitative estimate of drug-likeness (QED) is 0.364. The van der Waals surface area contributed by atoms with Gasteiger partial charge in [-0.1, -0.05) is 44.0 Å². The average Bonchev–Trinajstić information content (AvgIpc) is 3.34. The van der Waals surface area contributed by atoms with Crippen molar-refractivity contribution in [1.82, 2.24) is 20.2 Å². The number of amides is 1. The molecule has 7 heteroatoms. The Labute approximate surface area is 207 Å². The van der Waals surface area contributed by atoms with E-state index in [9.17, 15) is 9.59 Å². The Balaban J connectivity index is 1.51. The third kappa shape index (κ3) is 6.09. The van der Waals surface area contributed by atoms with E-state index in [4.69, 9.17) is 4.74 Å². The summed E-state index contributed by atoms with van der Waals surface area (Å²) < 4.78 is 5.68. The number of benzene rings is 2. The highest BCUT2D eigenvalue weighted by Crippen LogP contribution is 2.34. The van der Waals surface area contributed by atoms with Gasteiger partial charge >= 0.3 is 0 Å². The lowest BCUT2D eigenvalue weighted by atomic mass is 9.98. The molecule has 1 saturated heterocycles. The van der Waals surface area contributed by atoms with Gasteiger partial charge in [-0.2, -0.15) is 0 Å². The normalized spacial score (nSPS) is 15.1. The van der Waals surface area contributed by atoms with Crippen molar-refractivity contribution in [2.75, 3.05) is 27.2 Å². The van der Waals surface area contributed by atoms with Crippen LogP contribution in [0.1, 0.15) is 57.3 Å². The summed E-state index contributed by atoms with van der Waals surface area (Å²) in [6.45, 7) is 3.48. The molecule has 186 valence electrons. The summed E-state index contributed by atoms with van der Waals surface area (Å²) in [6.07, 6.45) is 6.59. The fraction of sp³-hybridized carbons (Fsp3) is 0.464. The first kappa shape index (κ1) is 24.9. The van der Waals surface area contributed by atoms with Gasteiger partial charge in [0.15, 0.2) is 0 Å². The van der Waals surface area contributed by atoms with Crippen LogP contribution in [-0.4, -0.2) is 53.8 Å². The number of aromatic amines is 1. The SMILES string of the molecule is CCC(=O)CCCCC[C@H](NC(=O)C1CN(C)C1)c1ncc(-c2cc3ccccc3cc2OC)[nH]1. The number of nitrogens with zero attached hydrogens (tertiary/aromatic N) is 2. The zero-order chi connectivity index (χ0) is 24.8. The van der Waals surface area contributed by atoms with E-state index in [2.05, 4.69) is 38.4 Å². The molecule has 1 atom stereocenters. The third-order valence-electron chi connectivity index (χ3n) is 6.88. The molecule has 0 aliphatic carbocycles. The van der Waals surface area contributed by atoms with Gasteiger partial charge in [0.2, 0.25) is 5.91 Å². The van der Waals surface area contributed by atoms with Crippen LogP contribution in [0, 0.1) is 5.92 Å². The number of ketones is 1. The lowest BCUT2D eigenvalue weighted by Gasteiger charge is -2.35. The molecular weight excluding hydrogens is 440 g/mol. The highest BCUT2D eigenvalue weighted by Gasteiger charge is 2.31. The van der Waals surface area contributed by atoms with Gasteiger partial charge in [0.25, 0.3) is 0 Å². The largest absolute Gasteiger partial charge is 0.496 e. The van der Waals surface area contributed by atoms with Crippen LogP contribution >= 0.6 is 0 Å². The van der Waals surface area contributed by atoms with Crippen LogP contribution in [0.3, 0.4) is 0 Å². The first-order chi connectivity index (χ1) is 17.0. The number of rotatable bonds is 12. The molecule has 1 aliphatic heterocycles. The predicted molar refractivity (Wildman–Crippen MR) is 138 cm³/mol. The molecule has 0 bridgehead atoms. The maximum absolute atomic E-state index is 12.9. The van der Waals surface area contributed by atoms with E-state index in [1.807, 2.05) is 38.4 Å². The summed E-state index contributed by atoms with van der Waals surface area (Å²) in [6, 6.07) is 12.1. The van der Waals surface area contributed by atoms with Crippen molar-refractivity contribution in [3.05, 3.63) is 48.4 Å². The molecule has 0 saturated carbocycles. The molecule has 35 heavy (non-hydrogen) atoms. The first-order valence-electron chi connectivity index (χ1n) is 12.6. The van der Waals surface area contributed by atoms with Crippen molar-refractivity contribution in [1.29, 1.82) is 0 Å². The minimum atomic E-state index is -0.199. The average molecular weight is 477 g/mol. The summed E-state index contributed by atoms with van der Waals surface area (Å²) in [4.78, 5) is 34.7. The number of likely N-dealkylation sites (tertiary alicyclic amines) is 1. The van der Waals surface area contributed by atoms with Crippen molar-refractivity contribution in [3.63, 3.8) is 0 Å². The van der Waals surface area contributed by atoms with Gasteiger partial charge in [-0.3, -0.25) is 9.59 Å². The minimum absolute atomic E-state index is 0.0275. The van der Waals surface area contributed by atoms with Crippen LogP contribution in [0.25, 0.3) is 22.0 Å². The van der Waals surface area contributed by atoms with E-state index in [1.165, 1.54) is 0 Å². The van der Waals surface area contributed by atoms with Crippen LogP contribution in [0.5, 0.6) is 5.75 Å². The monoisotopic (exact) mass is 476 g/mol. The highest BCUT2D eigenvalue weighted by atomic mass is 16.5. The van der Waals surface area contributed by atoms with E-state index < -0.39 is 0 Å². The van der Waals surface area contributed by atoms with Crippen LogP contribution in [-0.2, 0) is 9.59 Å². The number of aromatic nitrogens is 2. The number of carbonyl (C=O) groups excluding carboxylic acids is 2. The van der Waals surface area contributed by atoms with E-state index in [0.717, 1.165) is 72.4 Å². The first-order valence-corrected chi connectivity index (χ1v) is 12.6. The van der Waals surface area contributed by atoms with Gasteiger partial charge in [-0.15, -0.1) is 0 Å². The van der Waals surface area contributed by atoms with Gasteiger partial charge < -0.3 is 19.9 Å². The predicted octanol–water partition coefficient (Wildman–Crippen LogP) is 4.89. The number of imidazole rings is 1. The highest BCUT2D eigenvalue weighted by molar-refractivity contribution is 5.90. The Morgan fingerprint density at radius 3 is 2.60 bits per heavy atom. The molecule has 3 aromatic rings. The van der Waals surface area contributed by atoms with Crippen LogP contribution in [0.15, 0.2) is 42.6 Å². The Morgan fingerprint density at radius 1 is 1.17 bits per heavy atom. The number of carbonyl (C=O) groups is 2. The molecule has 0 unspecified atom stereocenters. The summed E-state index contributed by atoms with van der Waals surface area (Å²) >= 11 is 0. The topological polar surface area (TPSA) is 87.3 Å². The van der Waals surface area contributed by atoms with Crippen molar-refractivity contribution in [2.45, 2.75) is 51.5 Å². The maximum Gasteiger partial charge on any atom is 0.226 e. The number of fused-ring (bicyclic) bond motifs is 1. The molecule has 2 heterocycles. The van der Waals surface area contributed by atoms with Crippen molar-refractivity contribution in [3.8, 4) is 17.0 Å². The lowest BCUT2D eigenvalue weighted by molar-refractivity contribution is -0.130. The van der Waals surface area contributed by atoms with Gasteiger partial charge in [-0.25, -0.2) is 4.98 Å². The Kier molecular flexibility index (Phi) is 8.18. The number of unbranched alkanes of at least 4 members (excludes halogenated alkanes) is 2. The van der Waals surface area contributed by atoms with Crippen LogP contribution in [0.4, 0.5) is 0 Å². The van der Waals surface area contributed by atoms with Crippen LogP contribution in [0.2, 0.25) is 0 Å². The van der Waals surface area contributed by atoms with E-state index in [1.54, 1.807) is 7.11 Å². The lowest BCUT2D eigenvalue weighted by Crippen LogP contribution is -2.52. The smallest absolute Gasteiger partial charge is 0.226 e.